The highest BCUT2D eigenvalue weighted by atomic mass is 32.1. The second-order valence-corrected chi connectivity index (χ2v) is 11.4. The fraction of sp³-hybridized carbons (Fsp3) is 0.407. The van der Waals surface area contributed by atoms with Crippen molar-refractivity contribution in [3.8, 4) is 10.6 Å². The van der Waals surface area contributed by atoms with Crippen LogP contribution in [0.15, 0.2) is 35.4 Å². The first kappa shape index (κ1) is 29.5. The first-order chi connectivity index (χ1) is 16.7. The molecule has 36 heavy (non-hydrogen) atoms. The highest BCUT2D eigenvalue weighted by molar-refractivity contribution is 7.27. The van der Waals surface area contributed by atoms with E-state index in [2.05, 4.69) is 35.0 Å². The Morgan fingerprint density at radius 2 is 1.89 bits per heavy atom. The van der Waals surface area contributed by atoms with Crippen molar-refractivity contribution in [2.24, 2.45) is 5.92 Å². The molecule has 0 saturated carbocycles. The molecule has 3 rings (SSSR count). The molecule has 0 aliphatic heterocycles. The Labute approximate surface area is 217 Å². The lowest BCUT2D eigenvalue weighted by atomic mass is 9.95. The van der Waals surface area contributed by atoms with Crippen LogP contribution in [-0.4, -0.2) is 26.4 Å². The van der Waals surface area contributed by atoms with Gasteiger partial charge in [-0.2, -0.15) is 0 Å². The molecule has 2 unspecified atom stereocenters. The van der Waals surface area contributed by atoms with Crippen molar-refractivity contribution in [1.82, 2.24) is 9.55 Å². The summed E-state index contributed by atoms with van der Waals surface area (Å²) in [6.45, 7) is 12.6. The number of Topliss-reactive ketones (excluding diaryl/α,β-unsaturated/α-hetero) is 1. The van der Waals surface area contributed by atoms with E-state index in [4.69, 9.17) is 0 Å². The third-order valence-corrected chi connectivity index (χ3v) is 7.07. The third-order valence-electron chi connectivity index (χ3n) is 5.68. The zero-order valence-corrected chi connectivity index (χ0v) is 23.8. The van der Waals surface area contributed by atoms with Crippen LogP contribution in [0.4, 0.5) is 4.39 Å². The Kier molecular flexibility index (Phi) is 9.86. The van der Waals surface area contributed by atoms with Crippen LogP contribution in [0, 0.1) is 18.7 Å². The van der Waals surface area contributed by atoms with Crippen molar-refractivity contribution in [2.45, 2.75) is 66.8 Å². The number of thiazole rings is 1. The van der Waals surface area contributed by atoms with Crippen molar-refractivity contribution in [3.63, 3.8) is 0 Å². The Bertz CT molecular complexity index is 1330. The van der Waals surface area contributed by atoms with Gasteiger partial charge < -0.3 is 9.67 Å². The minimum Gasteiger partial charge on any atom is -0.479 e. The van der Waals surface area contributed by atoms with Crippen molar-refractivity contribution in [1.29, 1.82) is 0 Å². The Balaban J connectivity index is 0.00000106. The number of aromatic nitrogens is 2. The summed E-state index contributed by atoms with van der Waals surface area (Å²) in [5.41, 5.74) is -0.828. The largest absolute Gasteiger partial charge is 0.479 e. The lowest BCUT2D eigenvalue weighted by Gasteiger charge is -2.30. The van der Waals surface area contributed by atoms with Crippen LogP contribution in [0.5, 0.6) is 0 Å². The van der Waals surface area contributed by atoms with Gasteiger partial charge >= 0.3 is 5.97 Å². The molecule has 6 nitrogen and oxygen atoms in total. The number of ketones is 1. The second kappa shape index (κ2) is 12.0. The number of benzene rings is 1. The van der Waals surface area contributed by atoms with Crippen LogP contribution >= 0.6 is 20.6 Å². The molecule has 0 aliphatic carbocycles. The highest BCUT2D eigenvalue weighted by Crippen LogP contribution is 2.30. The minimum atomic E-state index is -1.42. The number of aliphatic carboxylic acids is 1. The first-order valence-electron chi connectivity index (χ1n) is 11.7. The summed E-state index contributed by atoms with van der Waals surface area (Å²) >= 11 is 1.24. The lowest BCUT2D eigenvalue weighted by Crippen LogP contribution is -2.42. The summed E-state index contributed by atoms with van der Waals surface area (Å²) in [6, 6.07) is 4.93. The van der Waals surface area contributed by atoms with Crippen molar-refractivity contribution in [3.05, 3.63) is 68.3 Å². The van der Waals surface area contributed by atoms with Gasteiger partial charge in [-0.05, 0) is 43.1 Å². The molecule has 0 fully saturated rings. The summed E-state index contributed by atoms with van der Waals surface area (Å²) in [5, 5.41) is 11.0. The van der Waals surface area contributed by atoms with E-state index < -0.39 is 11.5 Å². The molecule has 9 heteroatoms. The van der Waals surface area contributed by atoms with Gasteiger partial charge in [-0.15, -0.1) is 20.6 Å². The molecule has 0 aliphatic rings. The van der Waals surface area contributed by atoms with E-state index in [0.29, 0.717) is 17.0 Å². The molecular formula is C27H34FN2O4PS. The SMILES string of the molecule is CC(C)C.CCC(C)(C(=O)O)n1cc(-c2ncc(Cc3ccc(P)cc3F)s2)c(=O)c(C)c1C(C)=O. The quantitative estimate of drug-likeness (QED) is 0.317. The van der Waals surface area contributed by atoms with Gasteiger partial charge in [0.05, 0.1) is 11.3 Å². The summed E-state index contributed by atoms with van der Waals surface area (Å²) < 4.78 is 15.6. The monoisotopic (exact) mass is 532 g/mol. The molecule has 3 aromatic rings. The number of halogens is 1. The second-order valence-electron chi connectivity index (χ2n) is 9.60. The van der Waals surface area contributed by atoms with Crippen LogP contribution in [0.1, 0.15) is 74.5 Å². The topological polar surface area (TPSA) is 89.3 Å². The van der Waals surface area contributed by atoms with E-state index in [9.17, 15) is 23.9 Å². The molecule has 0 bridgehead atoms. The summed E-state index contributed by atoms with van der Waals surface area (Å²) in [5.74, 6) is -0.985. The van der Waals surface area contributed by atoms with Crippen LogP contribution in [0.25, 0.3) is 10.6 Å². The van der Waals surface area contributed by atoms with E-state index >= 15 is 0 Å². The number of carbonyl (C=O) groups is 2. The van der Waals surface area contributed by atoms with Gasteiger partial charge in [-0.1, -0.05) is 39.8 Å². The van der Waals surface area contributed by atoms with Crippen LogP contribution < -0.4 is 10.7 Å². The number of carboxylic acid groups (broad SMARTS) is 1. The van der Waals surface area contributed by atoms with E-state index in [-0.39, 0.29) is 40.3 Å². The Morgan fingerprint density at radius 3 is 2.39 bits per heavy atom. The number of rotatable bonds is 7. The molecule has 1 aromatic carbocycles. The molecule has 194 valence electrons. The van der Waals surface area contributed by atoms with E-state index in [1.807, 2.05) is 0 Å². The Morgan fingerprint density at radius 1 is 1.28 bits per heavy atom. The van der Waals surface area contributed by atoms with E-state index in [1.165, 1.54) is 48.9 Å². The smallest absolute Gasteiger partial charge is 0.329 e. The van der Waals surface area contributed by atoms with Gasteiger partial charge in [-0.25, -0.2) is 14.2 Å². The maximum absolute atomic E-state index is 14.2. The lowest BCUT2D eigenvalue weighted by molar-refractivity contribution is -0.146. The number of hydrogen-bond acceptors (Lipinski definition) is 5. The van der Waals surface area contributed by atoms with Gasteiger partial charge in [0.1, 0.15) is 16.4 Å². The normalized spacial score (nSPS) is 12.6. The fourth-order valence-electron chi connectivity index (χ4n) is 3.55. The Hall–Kier alpha value is -2.70. The van der Waals surface area contributed by atoms with Crippen LogP contribution in [0.2, 0.25) is 0 Å². The van der Waals surface area contributed by atoms with Crippen molar-refractivity contribution < 1.29 is 19.1 Å². The number of hydrogen-bond donors (Lipinski definition) is 1. The maximum atomic E-state index is 14.2. The zero-order valence-electron chi connectivity index (χ0n) is 21.8. The molecule has 1 N–H and O–H groups in total. The predicted molar refractivity (Wildman–Crippen MR) is 147 cm³/mol. The fourth-order valence-corrected chi connectivity index (χ4v) is 4.74. The van der Waals surface area contributed by atoms with Crippen molar-refractivity contribution >= 4 is 37.6 Å². The number of carbonyl (C=O) groups excluding carboxylic acids is 1. The van der Waals surface area contributed by atoms with Gasteiger partial charge in [-0.3, -0.25) is 9.59 Å². The maximum Gasteiger partial charge on any atom is 0.329 e. The predicted octanol–water partition coefficient (Wildman–Crippen LogP) is 5.59. The minimum absolute atomic E-state index is 0.0712. The molecule has 0 saturated heterocycles. The van der Waals surface area contributed by atoms with Crippen molar-refractivity contribution in [2.75, 3.05) is 0 Å². The van der Waals surface area contributed by atoms with E-state index in [0.717, 1.165) is 16.1 Å². The third kappa shape index (κ3) is 6.54. The zero-order chi connectivity index (χ0) is 27.4. The summed E-state index contributed by atoms with van der Waals surface area (Å²) in [4.78, 5) is 42.6. The molecule has 2 aromatic heterocycles. The number of carboxylic acids is 1. The molecule has 2 heterocycles. The van der Waals surface area contributed by atoms with Crippen LogP contribution in [0.3, 0.4) is 0 Å². The van der Waals surface area contributed by atoms with Gasteiger partial charge in [0.25, 0.3) is 0 Å². The van der Waals surface area contributed by atoms with Gasteiger partial charge in [0, 0.05) is 36.2 Å². The highest BCUT2D eigenvalue weighted by Gasteiger charge is 2.36. The van der Waals surface area contributed by atoms with E-state index in [1.54, 1.807) is 25.3 Å². The molecular weight excluding hydrogens is 498 g/mol. The standard InChI is InChI=1S/C23H24FN2O4PS.C4H10/c1-5-23(4,22(29)30)26-11-17(20(28)12(2)19(26)13(3)27)21-25-10-16(32-21)8-14-6-7-15(31)9-18(14)24;1-4(2)3/h6-7,9-11H,5,8,31H2,1-4H3,(H,29,30);4H,1-3H3. The molecule has 0 amide bonds. The summed E-state index contributed by atoms with van der Waals surface area (Å²) in [6.07, 6.45) is 3.52. The molecule has 0 radical (unpaired) electrons. The average molecular weight is 533 g/mol. The number of pyridine rings is 1. The van der Waals surface area contributed by atoms with Gasteiger partial charge in [0.2, 0.25) is 0 Å². The molecule has 0 spiro atoms. The van der Waals surface area contributed by atoms with Gasteiger partial charge in [0.15, 0.2) is 11.2 Å². The summed E-state index contributed by atoms with van der Waals surface area (Å²) in [7, 11) is 2.45. The number of nitrogens with zero attached hydrogens (tertiary/aromatic N) is 2. The van der Waals surface area contributed by atoms with Crippen LogP contribution in [-0.2, 0) is 16.8 Å². The average Bonchev–Trinajstić information content (AvgIpc) is 3.24. The first-order valence-corrected chi connectivity index (χ1v) is 13.1. The molecule has 2 atom stereocenters.